The third-order valence-electron chi connectivity index (χ3n) is 5.45. The molecule has 1 fully saturated rings. The van der Waals surface area contributed by atoms with E-state index in [1.54, 1.807) is 18.2 Å². The SMILES string of the molecule is O=C(c1ccccc1)n1c(=O)ccn(C[C@H]2[C@@H](COCc3ccccc3)C2(F)F)c1=O. The van der Waals surface area contributed by atoms with E-state index in [4.69, 9.17) is 4.74 Å². The summed E-state index contributed by atoms with van der Waals surface area (Å²) < 4.78 is 35.4. The molecule has 8 heteroatoms. The Bertz CT molecular complexity index is 1190. The van der Waals surface area contributed by atoms with Gasteiger partial charge in [0.25, 0.3) is 17.4 Å². The third-order valence-corrected chi connectivity index (χ3v) is 5.45. The molecule has 0 radical (unpaired) electrons. The second kappa shape index (κ2) is 8.39. The number of rotatable bonds is 7. The summed E-state index contributed by atoms with van der Waals surface area (Å²) in [7, 11) is 0. The van der Waals surface area contributed by atoms with Gasteiger partial charge in [-0.2, -0.15) is 4.57 Å². The normalized spacial score (nSPS) is 19.2. The molecule has 1 heterocycles. The molecule has 4 rings (SSSR count). The Morgan fingerprint density at radius 2 is 1.58 bits per heavy atom. The van der Waals surface area contributed by atoms with E-state index in [9.17, 15) is 23.2 Å². The lowest BCUT2D eigenvalue weighted by atomic mass is 10.2. The van der Waals surface area contributed by atoms with E-state index in [1.807, 2.05) is 30.3 Å². The number of carbonyl (C=O) groups excluding carboxylic acids is 1. The van der Waals surface area contributed by atoms with Gasteiger partial charge in [0.05, 0.1) is 25.0 Å². The fraction of sp³-hybridized carbons (Fsp3) is 0.261. The van der Waals surface area contributed by atoms with Gasteiger partial charge in [-0.3, -0.25) is 14.2 Å². The zero-order valence-corrected chi connectivity index (χ0v) is 16.5. The van der Waals surface area contributed by atoms with E-state index in [0.29, 0.717) is 4.57 Å². The van der Waals surface area contributed by atoms with Crippen LogP contribution in [0.2, 0.25) is 0 Å². The molecule has 2 atom stereocenters. The van der Waals surface area contributed by atoms with Crippen LogP contribution in [0.3, 0.4) is 0 Å². The quantitative estimate of drug-likeness (QED) is 0.583. The molecule has 6 nitrogen and oxygen atoms in total. The van der Waals surface area contributed by atoms with E-state index < -0.39 is 34.9 Å². The number of hydrogen-bond acceptors (Lipinski definition) is 4. The van der Waals surface area contributed by atoms with Crippen molar-refractivity contribution >= 4 is 5.91 Å². The zero-order valence-electron chi connectivity index (χ0n) is 16.5. The monoisotopic (exact) mass is 426 g/mol. The van der Waals surface area contributed by atoms with E-state index in [0.717, 1.165) is 22.4 Å². The standard InChI is InChI=1S/C23H20F2N2O4/c24-23(25)18(19(23)15-31-14-16-7-3-1-4-8-16)13-26-12-11-20(28)27(22(26)30)21(29)17-9-5-2-6-10-17/h1-12,18-19H,13-15H2/t18-,19+/m0/s1. The average molecular weight is 426 g/mol. The van der Waals surface area contributed by atoms with Crippen molar-refractivity contribution in [2.45, 2.75) is 19.1 Å². The molecule has 0 aliphatic heterocycles. The van der Waals surface area contributed by atoms with Crippen LogP contribution in [0.5, 0.6) is 0 Å². The second-order valence-electron chi connectivity index (χ2n) is 7.48. The molecule has 1 saturated carbocycles. The Morgan fingerprint density at radius 1 is 0.935 bits per heavy atom. The Labute approximate surface area is 176 Å². The molecule has 0 bridgehead atoms. The largest absolute Gasteiger partial charge is 0.376 e. The van der Waals surface area contributed by atoms with Gasteiger partial charge >= 0.3 is 5.69 Å². The van der Waals surface area contributed by atoms with E-state index in [-0.39, 0.29) is 25.3 Å². The van der Waals surface area contributed by atoms with Crippen molar-refractivity contribution in [3.63, 3.8) is 0 Å². The van der Waals surface area contributed by atoms with Crippen LogP contribution in [0.25, 0.3) is 0 Å². The lowest BCUT2D eigenvalue weighted by molar-refractivity contribution is 0.0454. The maximum atomic E-state index is 14.3. The molecule has 1 aliphatic carbocycles. The first-order chi connectivity index (χ1) is 14.9. The van der Waals surface area contributed by atoms with Crippen LogP contribution in [0, 0.1) is 11.8 Å². The summed E-state index contributed by atoms with van der Waals surface area (Å²) in [6.45, 7) is -0.242. The van der Waals surface area contributed by atoms with Gasteiger partial charge in [-0.25, -0.2) is 13.6 Å². The van der Waals surface area contributed by atoms with Gasteiger partial charge in [0, 0.05) is 24.4 Å². The molecule has 0 spiro atoms. The van der Waals surface area contributed by atoms with Crippen molar-refractivity contribution in [3.05, 3.63) is 105 Å². The van der Waals surface area contributed by atoms with Crippen LogP contribution < -0.4 is 11.2 Å². The van der Waals surface area contributed by atoms with Gasteiger partial charge in [-0.1, -0.05) is 48.5 Å². The molecular formula is C23H20F2N2O4. The average Bonchev–Trinajstić information content (AvgIpc) is 3.29. The first-order valence-electron chi connectivity index (χ1n) is 9.81. The zero-order chi connectivity index (χ0) is 22.0. The van der Waals surface area contributed by atoms with E-state index >= 15 is 0 Å². The summed E-state index contributed by atoms with van der Waals surface area (Å²) in [4.78, 5) is 37.4. The van der Waals surface area contributed by atoms with Crippen LogP contribution in [0.15, 0.2) is 82.5 Å². The van der Waals surface area contributed by atoms with Crippen molar-refractivity contribution in [1.29, 1.82) is 0 Å². The first kappa shape index (κ1) is 20.9. The number of ether oxygens (including phenoxy) is 1. The maximum Gasteiger partial charge on any atom is 0.338 e. The summed E-state index contributed by atoms with van der Waals surface area (Å²) in [6, 6.07) is 18.1. The highest BCUT2D eigenvalue weighted by Crippen LogP contribution is 2.56. The first-order valence-corrected chi connectivity index (χ1v) is 9.81. The topological polar surface area (TPSA) is 70.3 Å². The highest BCUT2D eigenvalue weighted by atomic mass is 19.3. The van der Waals surface area contributed by atoms with Crippen LogP contribution >= 0.6 is 0 Å². The van der Waals surface area contributed by atoms with Gasteiger partial charge in [-0.05, 0) is 17.7 Å². The maximum absolute atomic E-state index is 14.3. The van der Waals surface area contributed by atoms with Crippen molar-refractivity contribution in [3.8, 4) is 0 Å². The van der Waals surface area contributed by atoms with Crippen LogP contribution in [0.4, 0.5) is 8.78 Å². The Morgan fingerprint density at radius 3 is 2.26 bits per heavy atom. The summed E-state index contributed by atoms with van der Waals surface area (Å²) in [5, 5.41) is 0. The fourth-order valence-electron chi connectivity index (χ4n) is 3.58. The minimum absolute atomic E-state index is 0.149. The fourth-order valence-corrected chi connectivity index (χ4v) is 3.58. The van der Waals surface area contributed by atoms with Crippen molar-refractivity contribution in [2.24, 2.45) is 11.8 Å². The summed E-state index contributed by atoms with van der Waals surface area (Å²) in [6.07, 6.45) is 1.15. The lowest BCUT2D eigenvalue weighted by Crippen LogP contribution is -2.43. The number of hydrogen-bond donors (Lipinski definition) is 0. The summed E-state index contributed by atoms with van der Waals surface area (Å²) >= 11 is 0. The Hall–Kier alpha value is -3.39. The number of alkyl halides is 2. The molecule has 1 aliphatic rings. The van der Waals surface area contributed by atoms with Gasteiger partial charge in [0.2, 0.25) is 0 Å². The van der Waals surface area contributed by atoms with Crippen LogP contribution in [-0.2, 0) is 17.9 Å². The molecule has 0 amide bonds. The number of nitrogens with zero attached hydrogens (tertiary/aromatic N) is 2. The molecule has 3 aromatic rings. The molecule has 0 saturated heterocycles. The van der Waals surface area contributed by atoms with Gasteiger partial charge in [0.15, 0.2) is 0 Å². The van der Waals surface area contributed by atoms with Crippen molar-refractivity contribution in [1.82, 2.24) is 9.13 Å². The molecule has 31 heavy (non-hydrogen) atoms. The number of halogens is 2. The van der Waals surface area contributed by atoms with Crippen LogP contribution in [-0.4, -0.2) is 27.6 Å². The predicted octanol–water partition coefficient (Wildman–Crippen LogP) is 2.80. The molecule has 1 aromatic heterocycles. The molecule has 160 valence electrons. The van der Waals surface area contributed by atoms with Gasteiger partial charge in [-0.15, -0.1) is 0 Å². The predicted molar refractivity (Wildman–Crippen MR) is 109 cm³/mol. The van der Waals surface area contributed by atoms with E-state index in [2.05, 4.69) is 0 Å². The van der Waals surface area contributed by atoms with Crippen molar-refractivity contribution in [2.75, 3.05) is 6.61 Å². The van der Waals surface area contributed by atoms with Gasteiger partial charge in [0.1, 0.15) is 0 Å². The minimum Gasteiger partial charge on any atom is -0.376 e. The number of aromatic nitrogens is 2. The third kappa shape index (κ3) is 4.25. The van der Waals surface area contributed by atoms with E-state index in [1.165, 1.54) is 12.1 Å². The Kier molecular flexibility index (Phi) is 5.65. The molecular weight excluding hydrogens is 406 g/mol. The highest BCUT2D eigenvalue weighted by molar-refractivity contribution is 5.95. The van der Waals surface area contributed by atoms with Gasteiger partial charge < -0.3 is 4.74 Å². The second-order valence-corrected chi connectivity index (χ2v) is 7.48. The highest BCUT2D eigenvalue weighted by Gasteiger charge is 2.68. The number of benzene rings is 2. The molecule has 0 unspecified atom stereocenters. The molecule has 0 N–H and O–H groups in total. The Balaban J connectivity index is 1.47. The summed E-state index contributed by atoms with van der Waals surface area (Å²) in [5.41, 5.74) is -0.706. The summed E-state index contributed by atoms with van der Waals surface area (Å²) in [5.74, 6) is -5.93. The van der Waals surface area contributed by atoms with Crippen molar-refractivity contribution < 1.29 is 18.3 Å². The minimum atomic E-state index is -2.99. The smallest absolute Gasteiger partial charge is 0.338 e. The molecule has 2 aromatic carbocycles. The van der Waals surface area contributed by atoms with Crippen LogP contribution in [0.1, 0.15) is 15.9 Å². The lowest BCUT2D eigenvalue weighted by Gasteiger charge is -2.09. The number of carbonyl (C=O) groups is 1.